The Kier molecular flexibility index (Phi) is 5.77. The summed E-state index contributed by atoms with van der Waals surface area (Å²) in [6.07, 6.45) is -4.44. The van der Waals surface area contributed by atoms with Gasteiger partial charge in [0.05, 0.1) is 11.1 Å². The van der Waals surface area contributed by atoms with Gasteiger partial charge in [0, 0.05) is 31.5 Å². The minimum atomic E-state index is -4.52. The Labute approximate surface area is 128 Å². The van der Waals surface area contributed by atoms with Crippen molar-refractivity contribution in [3.05, 3.63) is 33.8 Å². The largest absolute Gasteiger partial charge is 0.416 e. The number of carbonyl (C=O) groups excluding carboxylic acids is 2. The Balaban J connectivity index is 2.93. The fourth-order valence-corrected chi connectivity index (χ4v) is 1.98. The van der Waals surface area contributed by atoms with Crippen molar-refractivity contribution in [3.8, 4) is 0 Å². The van der Waals surface area contributed by atoms with Crippen LogP contribution in [0.4, 0.5) is 13.2 Å². The summed E-state index contributed by atoms with van der Waals surface area (Å²) in [6, 6.07) is 2.87. The first-order chi connectivity index (χ1) is 9.66. The molecular weight excluding hydrogens is 353 g/mol. The predicted molar refractivity (Wildman–Crippen MR) is 74.8 cm³/mol. The van der Waals surface area contributed by atoms with Crippen LogP contribution in [0.1, 0.15) is 22.3 Å². The zero-order chi connectivity index (χ0) is 16.2. The number of carbonyl (C=O) groups is 2. The molecule has 0 spiro atoms. The zero-order valence-corrected chi connectivity index (χ0v) is 13.0. The van der Waals surface area contributed by atoms with Crippen LogP contribution in [0.3, 0.4) is 0 Å². The molecule has 0 fully saturated rings. The van der Waals surface area contributed by atoms with Crippen molar-refractivity contribution < 1.29 is 22.8 Å². The molecule has 0 unspecified atom stereocenters. The van der Waals surface area contributed by atoms with E-state index in [1.165, 1.54) is 25.1 Å². The van der Waals surface area contributed by atoms with Crippen LogP contribution in [0.2, 0.25) is 0 Å². The quantitative estimate of drug-likeness (QED) is 0.890. The van der Waals surface area contributed by atoms with Gasteiger partial charge in [-0.15, -0.1) is 0 Å². The van der Waals surface area contributed by atoms with Crippen molar-refractivity contribution in [2.24, 2.45) is 0 Å². The molecule has 1 N–H and O–H groups in total. The topological polar surface area (TPSA) is 49.4 Å². The number of alkyl halides is 3. The van der Waals surface area contributed by atoms with Crippen LogP contribution >= 0.6 is 15.9 Å². The molecular formula is C13H14BrF3N2O2. The van der Waals surface area contributed by atoms with Crippen LogP contribution in [0.15, 0.2) is 22.7 Å². The van der Waals surface area contributed by atoms with Crippen molar-refractivity contribution >= 4 is 27.7 Å². The third-order valence-electron chi connectivity index (χ3n) is 2.82. The molecule has 4 nitrogen and oxygen atoms in total. The Hall–Kier alpha value is -1.57. The van der Waals surface area contributed by atoms with E-state index in [1.54, 1.807) is 0 Å². The van der Waals surface area contributed by atoms with Crippen molar-refractivity contribution in [3.63, 3.8) is 0 Å². The monoisotopic (exact) mass is 366 g/mol. The Morgan fingerprint density at radius 1 is 1.33 bits per heavy atom. The second-order valence-electron chi connectivity index (χ2n) is 4.34. The summed E-state index contributed by atoms with van der Waals surface area (Å²) in [5, 5.41) is 2.40. The van der Waals surface area contributed by atoms with E-state index < -0.39 is 17.6 Å². The number of benzene rings is 1. The lowest BCUT2D eigenvalue weighted by molar-refractivity contribution is -0.137. The van der Waals surface area contributed by atoms with Gasteiger partial charge in [0.15, 0.2) is 0 Å². The van der Waals surface area contributed by atoms with E-state index in [0.717, 1.165) is 12.1 Å². The molecule has 1 aromatic carbocycles. The average molecular weight is 367 g/mol. The highest BCUT2D eigenvalue weighted by molar-refractivity contribution is 9.10. The highest BCUT2D eigenvalue weighted by Gasteiger charge is 2.32. The van der Waals surface area contributed by atoms with Crippen molar-refractivity contribution in [1.82, 2.24) is 10.2 Å². The van der Waals surface area contributed by atoms with Crippen LogP contribution < -0.4 is 5.32 Å². The van der Waals surface area contributed by atoms with E-state index in [1.807, 2.05) is 0 Å². The molecule has 8 heteroatoms. The van der Waals surface area contributed by atoms with Gasteiger partial charge in [-0.05, 0) is 34.1 Å². The minimum absolute atomic E-state index is 0.0787. The SMILES string of the molecule is CNC(=O)CCN(C)C(=O)c1cc(C(F)(F)F)ccc1Br. The first-order valence-electron chi connectivity index (χ1n) is 5.99. The maximum Gasteiger partial charge on any atom is 0.416 e. The Morgan fingerprint density at radius 3 is 2.48 bits per heavy atom. The van der Waals surface area contributed by atoms with Crippen LogP contribution in [0.25, 0.3) is 0 Å². The van der Waals surface area contributed by atoms with E-state index >= 15 is 0 Å². The number of nitrogens with zero attached hydrogens (tertiary/aromatic N) is 1. The second kappa shape index (κ2) is 6.93. The molecule has 0 aromatic heterocycles. The van der Waals surface area contributed by atoms with Crippen LogP contribution in [0, 0.1) is 0 Å². The molecule has 0 aliphatic heterocycles. The van der Waals surface area contributed by atoms with Gasteiger partial charge in [-0.2, -0.15) is 13.2 Å². The van der Waals surface area contributed by atoms with Gasteiger partial charge in [0.2, 0.25) is 5.91 Å². The third-order valence-corrected chi connectivity index (χ3v) is 3.52. The molecule has 21 heavy (non-hydrogen) atoms. The van der Waals surface area contributed by atoms with Crippen molar-refractivity contribution in [2.45, 2.75) is 12.6 Å². The Bertz CT molecular complexity index is 547. The van der Waals surface area contributed by atoms with Gasteiger partial charge in [-0.25, -0.2) is 0 Å². The molecule has 116 valence electrons. The number of amides is 2. The van der Waals surface area contributed by atoms with Crippen molar-refractivity contribution in [1.29, 1.82) is 0 Å². The fourth-order valence-electron chi connectivity index (χ4n) is 1.57. The summed E-state index contributed by atoms with van der Waals surface area (Å²) in [6.45, 7) is 0.112. The molecule has 1 rings (SSSR count). The smallest absolute Gasteiger partial charge is 0.359 e. The summed E-state index contributed by atoms with van der Waals surface area (Å²) in [5.41, 5.74) is -0.988. The maximum absolute atomic E-state index is 12.7. The number of halogens is 4. The first-order valence-corrected chi connectivity index (χ1v) is 6.79. The van der Waals surface area contributed by atoms with Gasteiger partial charge in [0.1, 0.15) is 0 Å². The van der Waals surface area contributed by atoms with Crippen LogP contribution in [0.5, 0.6) is 0 Å². The molecule has 0 aliphatic rings. The zero-order valence-electron chi connectivity index (χ0n) is 11.4. The lowest BCUT2D eigenvalue weighted by Gasteiger charge is -2.18. The molecule has 0 saturated heterocycles. The highest BCUT2D eigenvalue weighted by Crippen LogP contribution is 2.32. The molecule has 0 aliphatic carbocycles. The second-order valence-corrected chi connectivity index (χ2v) is 5.20. The number of nitrogens with one attached hydrogen (secondary N) is 1. The van der Waals surface area contributed by atoms with E-state index in [0.29, 0.717) is 0 Å². The number of rotatable bonds is 4. The van der Waals surface area contributed by atoms with E-state index in [9.17, 15) is 22.8 Å². The number of hydrogen-bond acceptors (Lipinski definition) is 2. The molecule has 1 aromatic rings. The van der Waals surface area contributed by atoms with Crippen molar-refractivity contribution in [2.75, 3.05) is 20.6 Å². The first kappa shape index (κ1) is 17.5. The van der Waals surface area contributed by atoms with Gasteiger partial charge in [0.25, 0.3) is 5.91 Å². The van der Waals surface area contributed by atoms with Crippen LogP contribution in [-0.4, -0.2) is 37.4 Å². The average Bonchev–Trinajstić information content (AvgIpc) is 2.42. The number of hydrogen-bond donors (Lipinski definition) is 1. The molecule has 0 radical (unpaired) electrons. The molecule has 0 heterocycles. The summed E-state index contributed by atoms with van der Waals surface area (Å²) in [5.74, 6) is -0.838. The lowest BCUT2D eigenvalue weighted by Crippen LogP contribution is -2.31. The van der Waals surface area contributed by atoms with Gasteiger partial charge < -0.3 is 10.2 Å². The van der Waals surface area contributed by atoms with Gasteiger partial charge in [-0.3, -0.25) is 9.59 Å². The standard InChI is InChI=1S/C13H14BrF3N2O2/c1-18-11(20)5-6-19(2)12(21)9-7-8(13(15,16)17)3-4-10(9)14/h3-4,7H,5-6H2,1-2H3,(H,18,20). The van der Waals surface area contributed by atoms with Gasteiger partial charge >= 0.3 is 6.18 Å². The van der Waals surface area contributed by atoms with Gasteiger partial charge in [-0.1, -0.05) is 0 Å². The van der Waals surface area contributed by atoms with E-state index in [4.69, 9.17) is 0 Å². The highest BCUT2D eigenvalue weighted by atomic mass is 79.9. The fraction of sp³-hybridized carbons (Fsp3) is 0.385. The van der Waals surface area contributed by atoms with E-state index in [-0.39, 0.29) is 28.9 Å². The molecule has 0 bridgehead atoms. The van der Waals surface area contributed by atoms with Crippen LogP contribution in [-0.2, 0) is 11.0 Å². The lowest BCUT2D eigenvalue weighted by atomic mass is 10.1. The summed E-state index contributed by atoms with van der Waals surface area (Å²) in [7, 11) is 2.89. The third kappa shape index (κ3) is 4.73. The summed E-state index contributed by atoms with van der Waals surface area (Å²) >= 11 is 3.07. The Morgan fingerprint density at radius 2 is 1.95 bits per heavy atom. The normalized spacial score (nSPS) is 11.1. The maximum atomic E-state index is 12.7. The molecule has 0 saturated carbocycles. The minimum Gasteiger partial charge on any atom is -0.359 e. The molecule has 2 amide bonds. The predicted octanol–water partition coefficient (Wildman–Crippen LogP) is 2.68. The summed E-state index contributed by atoms with van der Waals surface area (Å²) in [4.78, 5) is 24.5. The van der Waals surface area contributed by atoms with E-state index in [2.05, 4.69) is 21.2 Å². The summed E-state index contributed by atoms with van der Waals surface area (Å²) < 4.78 is 38.3. The molecule has 0 atom stereocenters.